The van der Waals surface area contributed by atoms with E-state index >= 15 is 0 Å². The van der Waals surface area contributed by atoms with Crippen molar-refractivity contribution in [1.82, 2.24) is 4.57 Å². The molecule has 0 radical (unpaired) electrons. The highest BCUT2D eigenvalue weighted by Gasteiger charge is 2.32. The van der Waals surface area contributed by atoms with Crippen LogP contribution < -0.4 is 10.9 Å². The van der Waals surface area contributed by atoms with Crippen LogP contribution in [0.2, 0.25) is 10.0 Å². The van der Waals surface area contributed by atoms with Gasteiger partial charge in [0.05, 0.1) is 16.3 Å². The SMILES string of the molecule is O=C(Cn1cc(C(F)(F)F)cc(Cl)c1=O)Nc1ccc(F)cc1Cl. The van der Waals surface area contributed by atoms with Gasteiger partial charge in [-0.15, -0.1) is 0 Å². The molecule has 0 aliphatic heterocycles. The molecular weight excluding hydrogens is 375 g/mol. The lowest BCUT2D eigenvalue weighted by Crippen LogP contribution is -2.29. The molecule has 1 amide bonds. The molecule has 0 spiro atoms. The molecule has 0 atom stereocenters. The molecule has 128 valence electrons. The maximum atomic E-state index is 12.9. The maximum Gasteiger partial charge on any atom is 0.417 e. The molecule has 1 aromatic carbocycles. The van der Waals surface area contributed by atoms with E-state index < -0.39 is 40.6 Å². The van der Waals surface area contributed by atoms with E-state index in [9.17, 15) is 27.2 Å². The molecule has 1 aromatic heterocycles. The summed E-state index contributed by atoms with van der Waals surface area (Å²) in [5.41, 5.74) is -2.07. The fourth-order valence-corrected chi connectivity index (χ4v) is 2.25. The van der Waals surface area contributed by atoms with Crippen LogP contribution in [-0.4, -0.2) is 10.5 Å². The summed E-state index contributed by atoms with van der Waals surface area (Å²) in [5, 5.41) is 1.50. The summed E-state index contributed by atoms with van der Waals surface area (Å²) in [6, 6.07) is 3.64. The van der Waals surface area contributed by atoms with Crippen molar-refractivity contribution in [1.29, 1.82) is 0 Å². The minimum absolute atomic E-state index is 0.0502. The van der Waals surface area contributed by atoms with E-state index in [0.717, 1.165) is 12.1 Å². The van der Waals surface area contributed by atoms with Crippen LogP contribution in [0, 0.1) is 5.82 Å². The summed E-state index contributed by atoms with van der Waals surface area (Å²) in [4.78, 5) is 23.7. The number of hydrogen-bond acceptors (Lipinski definition) is 2. The molecule has 2 rings (SSSR count). The van der Waals surface area contributed by atoms with Gasteiger partial charge in [0.2, 0.25) is 5.91 Å². The molecule has 0 aliphatic carbocycles. The van der Waals surface area contributed by atoms with Crippen LogP contribution >= 0.6 is 23.2 Å². The molecule has 2 aromatic rings. The second-order valence-corrected chi connectivity index (χ2v) is 5.49. The highest BCUT2D eigenvalue weighted by molar-refractivity contribution is 6.33. The monoisotopic (exact) mass is 382 g/mol. The summed E-state index contributed by atoms with van der Waals surface area (Å²) in [7, 11) is 0. The minimum atomic E-state index is -4.73. The number of alkyl halides is 3. The van der Waals surface area contributed by atoms with E-state index in [2.05, 4.69) is 5.32 Å². The van der Waals surface area contributed by atoms with Gasteiger partial charge in [-0.2, -0.15) is 13.2 Å². The number of carbonyl (C=O) groups is 1. The molecule has 0 saturated carbocycles. The number of amides is 1. The Morgan fingerprint density at radius 1 is 1.17 bits per heavy atom. The second-order valence-electron chi connectivity index (χ2n) is 4.68. The summed E-state index contributed by atoms with van der Waals surface area (Å²) in [6.45, 7) is -0.726. The molecule has 10 heteroatoms. The summed E-state index contributed by atoms with van der Waals surface area (Å²) >= 11 is 11.2. The molecule has 0 saturated heterocycles. The number of rotatable bonds is 3. The number of aromatic nitrogens is 1. The number of carbonyl (C=O) groups excluding carboxylic acids is 1. The molecule has 0 fully saturated rings. The summed E-state index contributed by atoms with van der Waals surface area (Å²) in [5.74, 6) is -1.46. The van der Waals surface area contributed by atoms with Gasteiger partial charge in [0.25, 0.3) is 5.56 Å². The molecular formula is C14H8Cl2F4N2O2. The maximum absolute atomic E-state index is 12.9. The molecule has 0 bridgehead atoms. The van der Waals surface area contributed by atoms with Crippen LogP contribution in [0.15, 0.2) is 35.3 Å². The van der Waals surface area contributed by atoms with Crippen molar-refractivity contribution >= 4 is 34.8 Å². The highest BCUT2D eigenvalue weighted by atomic mass is 35.5. The van der Waals surface area contributed by atoms with Gasteiger partial charge in [-0.25, -0.2) is 4.39 Å². The van der Waals surface area contributed by atoms with E-state index in [1.54, 1.807) is 0 Å². The first-order chi connectivity index (χ1) is 11.1. The molecule has 0 aliphatic rings. The van der Waals surface area contributed by atoms with Gasteiger partial charge in [-0.1, -0.05) is 23.2 Å². The fraction of sp³-hybridized carbons (Fsp3) is 0.143. The first-order valence-electron chi connectivity index (χ1n) is 6.30. The van der Waals surface area contributed by atoms with Crippen LogP contribution in [0.1, 0.15) is 5.56 Å². The third kappa shape index (κ3) is 4.27. The zero-order chi connectivity index (χ0) is 18.1. The lowest BCUT2D eigenvalue weighted by atomic mass is 10.2. The average Bonchev–Trinajstić information content (AvgIpc) is 2.45. The third-order valence-corrected chi connectivity index (χ3v) is 3.47. The summed E-state index contributed by atoms with van der Waals surface area (Å²) < 4.78 is 51.6. The van der Waals surface area contributed by atoms with Crippen LogP contribution in [0.4, 0.5) is 23.2 Å². The molecule has 1 heterocycles. The number of pyridine rings is 1. The normalized spacial score (nSPS) is 11.4. The average molecular weight is 383 g/mol. The zero-order valence-corrected chi connectivity index (χ0v) is 13.1. The van der Waals surface area contributed by atoms with Gasteiger partial charge >= 0.3 is 6.18 Å². The molecule has 0 unspecified atom stereocenters. The lowest BCUT2D eigenvalue weighted by molar-refractivity contribution is -0.138. The number of benzene rings is 1. The van der Waals surface area contributed by atoms with Crippen molar-refractivity contribution in [3.63, 3.8) is 0 Å². The van der Waals surface area contributed by atoms with E-state index in [0.29, 0.717) is 16.8 Å². The first kappa shape index (κ1) is 18.3. The Kier molecular flexibility index (Phi) is 5.19. The van der Waals surface area contributed by atoms with E-state index in [1.807, 2.05) is 0 Å². The Morgan fingerprint density at radius 2 is 1.83 bits per heavy atom. The van der Waals surface area contributed by atoms with E-state index in [-0.39, 0.29) is 10.7 Å². The third-order valence-electron chi connectivity index (χ3n) is 2.89. The minimum Gasteiger partial charge on any atom is -0.323 e. The van der Waals surface area contributed by atoms with Crippen molar-refractivity contribution in [2.75, 3.05) is 5.32 Å². The van der Waals surface area contributed by atoms with Crippen molar-refractivity contribution < 1.29 is 22.4 Å². The Morgan fingerprint density at radius 3 is 2.42 bits per heavy atom. The Hall–Kier alpha value is -2.06. The lowest BCUT2D eigenvalue weighted by Gasteiger charge is -2.12. The predicted molar refractivity (Wildman–Crippen MR) is 80.8 cm³/mol. The van der Waals surface area contributed by atoms with Gasteiger partial charge in [0.1, 0.15) is 17.4 Å². The predicted octanol–water partition coefficient (Wildman–Crippen LogP) is 3.95. The van der Waals surface area contributed by atoms with Crippen LogP contribution in [0.5, 0.6) is 0 Å². The highest BCUT2D eigenvalue weighted by Crippen LogP contribution is 2.29. The van der Waals surface area contributed by atoms with E-state index in [4.69, 9.17) is 23.2 Å². The Balaban J connectivity index is 2.25. The fourth-order valence-electron chi connectivity index (χ4n) is 1.81. The van der Waals surface area contributed by atoms with Gasteiger partial charge in [-0.05, 0) is 24.3 Å². The number of nitrogens with zero attached hydrogens (tertiary/aromatic N) is 1. The largest absolute Gasteiger partial charge is 0.417 e. The Bertz CT molecular complexity index is 850. The van der Waals surface area contributed by atoms with Gasteiger partial charge in [0.15, 0.2) is 0 Å². The van der Waals surface area contributed by atoms with Crippen molar-refractivity contribution in [3.05, 3.63) is 62.2 Å². The second kappa shape index (κ2) is 6.82. The van der Waals surface area contributed by atoms with Gasteiger partial charge in [-0.3, -0.25) is 9.59 Å². The van der Waals surface area contributed by atoms with Crippen LogP contribution in [-0.2, 0) is 17.5 Å². The zero-order valence-electron chi connectivity index (χ0n) is 11.6. The number of hydrogen-bond donors (Lipinski definition) is 1. The standard InChI is InChI=1S/C14H8Cl2F4N2O2/c15-9-4-8(17)1-2-11(9)21-12(23)6-22-5-7(14(18,19)20)3-10(16)13(22)24/h1-5H,6H2,(H,21,23). The molecule has 1 N–H and O–H groups in total. The van der Waals surface area contributed by atoms with Crippen molar-refractivity contribution in [3.8, 4) is 0 Å². The van der Waals surface area contributed by atoms with Crippen LogP contribution in [0.3, 0.4) is 0 Å². The van der Waals surface area contributed by atoms with Crippen LogP contribution in [0.25, 0.3) is 0 Å². The quantitative estimate of drug-likeness (QED) is 0.817. The smallest absolute Gasteiger partial charge is 0.323 e. The van der Waals surface area contributed by atoms with E-state index in [1.165, 1.54) is 6.07 Å². The Labute approximate surface area is 142 Å². The number of nitrogens with one attached hydrogen (secondary N) is 1. The topological polar surface area (TPSA) is 51.1 Å². The summed E-state index contributed by atoms with van der Waals surface area (Å²) in [6.07, 6.45) is -4.24. The van der Waals surface area contributed by atoms with Crippen molar-refractivity contribution in [2.45, 2.75) is 12.7 Å². The van der Waals surface area contributed by atoms with Crippen molar-refractivity contribution in [2.24, 2.45) is 0 Å². The molecule has 4 nitrogen and oxygen atoms in total. The van der Waals surface area contributed by atoms with Gasteiger partial charge < -0.3 is 9.88 Å². The number of halogens is 6. The first-order valence-corrected chi connectivity index (χ1v) is 7.05. The molecule has 24 heavy (non-hydrogen) atoms. The van der Waals surface area contributed by atoms with Gasteiger partial charge in [0, 0.05) is 6.20 Å². The number of anilines is 1.